The van der Waals surface area contributed by atoms with Crippen molar-refractivity contribution in [2.45, 2.75) is 50.6 Å². The van der Waals surface area contributed by atoms with Crippen molar-refractivity contribution in [1.29, 1.82) is 0 Å². The third kappa shape index (κ3) is 2.55. The van der Waals surface area contributed by atoms with E-state index in [-0.39, 0.29) is 11.4 Å². The number of benzene rings is 1. The van der Waals surface area contributed by atoms with Crippen LogP contribution in [0.25, 0.3) is 11.4 Å². The van der Waals surface area contributed by atoms with E-state index in [0.29, 0.717) is 18.8 Å². The summed E-state index contributed by atoms with van der Waals surface area (Å²) in [4.78, 5) is 21.0. The zero-order valence-corrected chi connectivity index (χ0v) is 15.0. The number of amides is 1. The summed E-state index contributed by atoms with van der Waals surface area (Å²) in [5, 5.41) is 4.25. The van der Waals surface area contributed by atoms with Crippen LogP contribution in [0, 0.1) is 0 Å². The highest BCUT2D eigenvalue weighted by atomic mass is 16.5. The van der Waals surface area contributed by atoms with E-state index in [2.05, 4.69) is 22.2 Å². The van der Waals surface area contributed by atoms with E-state index in [0.717, 1.165) is 55.9 Å². The second-order valence-corrected chi connectivity index (χ2v) is 7.76. The van der Waals surface area contributed by atoms with E-state index in [4.69, 9.17) is 9.51 Å². The zero-order valence-electron chi connectivity index (χ0n) is 15.0. The number of carbonyl (C=O) groups excluding carboxylic acids is 1. The van der Waals surface area contributed by atoms with E-state index >= 15 is 0 Å². The highest BCUT2D eigenvalue weighted by molar-refractivity contribution is 5.78. The summed E-state index contributed by atoms with van der Waals surface area (Å²) < 4.78 is 5.70. The van der Waals surface area contributed by atoms with Crippen LogP contribution >= 0.6 is 0 Å². The number of rotatable bonds is 4. The topological polar surface area (TPSA) is 62.5 Å². The van der Waals surface area contributed by atoms with Crippen molar-refractivity contribution in [2.75, 3.05) is 19.6 Å². The Labute approximate surface area is 153 Å². The molecule has 3 aliphatic heterocycles. The molecule has 6 nitrogen and oxygen atoms in total. The Balaban J connectivity index is 1.34. The number of fused-ring (bicyclic) bond motifs is 1. The standard InChI is InChI=1S/C20H24N4O2/c25-17-4-1-11-23(17)14-15-5-7-16(8-6-15)18-21-19(26-22-18)20-9-2-12-24(20)13-3-10-20/h5-8H,1-4,9-14H2. The van der Waals surface area contributed by atoms with Gasteiger partial charge in [-0.2, -0.15) is 4.98 Å². The third-order valence-corrected chi connectivity index (χ3v) is 6.22. The molecule has 2 aromatic rings. The molecule has 1 aromatic heterocycles. The Kier molecular flexibility index (Phi) is 3.81. The average molecular weight is 352 g/mol. The van der Waals surface area contributed by atoms with Gasteiger partial charge < -0.3 is 9.42 Å². The lowest BCUT2D eigenvalue weighted by Gasteiger charge is -2.27. The molecule has 0 atom stereocenters. The Morgan fingerprint density at radius 1 is 1.04 bits per heavy atom. The summed E-state index contributed by atoms with van der Waals surface area (Å²) in [6.45, 7) is 3.84. The lowest BCUT2D eigenvalue weighted by Crippen LogP contribution is -2.35. The SMILES string of the molecule is O=C1CCCN1Cc1ccc(-c2noc(C34CCCN3CCC4)n2)cc1. The van der Waals surface area contributed by atoms with E-state index in [1.165, 1.54) is 12.8 Å². The lowest BCUT2D eigenvalue weighted by molar-refractivity contribution is -0.128. The molecule has 136 valence electrons. The van der Waals surface area contributed by atoms with Crippen molar-refractivity contribution < 1.29 is 9.32 Å². The maximum Gasteiger partial charge on any atom is 0.247 e. The molecule has 1 aromatic carbocycles. The number of carbonyl (C=O) groups is 1. The fourth-order valence-electron chi connectivity index (χ4n) is 4.84. The summed E-state index contributed by atoms with van der Waals surface area (Å²) in [7, 11) is 0. The van der Waals surface area contributed by atoms with Crippen LogP contribution in [-0.2, 0) is 16.9 Å². The minimum atomic E-state index is -0.0126. The van der Waals surface area contributed by atoms with Gasteiger partial charge in [0.15, 0.2) is 0 Å². The number of hydrogen-bond acceptors (Lipinski definition) is 5. The van der Waals surface area contributed by atoms with Crippen molar-refractivity contribution in [3.8, 4) is 11.4 Å². The molecule has 26 heavy (non-hydrogen) atoms. The Hall–Kier alpha value is -2.21. The van der Waals surface area contributed by atoms with Crippen LogP contribution in [0.15, 0.2) is 28.8 Å². The number of nitrogens with zero attached hydrogens (tertiary/aromatic N) is 4. The quantitative estimate of drug-likeness (QED) is 0.847. The van der Waals surface area contributed by atoms with Gasteiger partial charge in [0, 0.05) is 25.1 Å². The fraction of sp³-hybridized carbons (Fsp3) is 0.550. The first-order chi connectivity index (χ1) is 12.7. The molecule has 5 rings (SSSR count). The van der Waals surface area contributed by atoms with E-state index < -0.39 is 0 Å². The predicted molar refractivity (Wildman–Crippen MR) is 96.1 cm³/mol. The number of hydrogen-bond donors (Lipinski definition) is 0. The molecular formula is C20H24N4O2. The van der Waals surface area contributed by atoms with Crippen LogP contribution in [0.4, 0.5) is 0 Å². The van der Waals surface area contributed by atoms with E-state index in [1.54, 1.807) is 0 Å². The number of likely N-dealkylation sites (tertiary alicyclic amines) is 1. The van der Waals surface area contributed by atoms with E-state index in [9.17, 15) is 4.79 Å². The van der Waals surface area contributed by atoms with Crippen molar-refractivity contribution >= 4 is 5.91 Å². The largest absolute Gasteiger partial charge is 0.338 e. The predicted octanol–water partition coefficient (Wildman–Crippen LogP) is 2.94. The monoisotopic (exact) mass is 352 g/mol. The molecular weight excluding hydrogens is 328 g/mol. The average Bonchev–Trinajstić information content (AvgIpc) is 3.39. The van der Waals surface area contributed by atoms with Gasteiger partial charge in [0.2, 0.25) is 17.6 Å². The first-order valence-corrected chi connectivity index (χ1v) is 9.71. The zero-order chi connectivity index (χ0) is 17.6. The molecule has 3 fully saturated rings. The minimum absolute atomic E-state index is 0.0126. The Morgan fingerprint density at radius 3 is 2.50 bits per heavy atom. The summed E-state index contributed by atoms with van der Waals surface area (Å²) in [6.07, 6.45) is 6.32. The smallest absolute Gasteiger partial charge is 0.247 e. The first kappa shape index (κ1) is 16.0. The molecule has 0 unspecified atom stereocenters. The molecule has 6 heteroatoms. The molecule has 0 radical (unpaired) electrons. The third-order valence-electron chi connectivity index (χ3n) is 6.22. The molecule has 3 aliphatic rings. The molecule has 1 amide bonds. The molecule has 0 spiro atoms. The van der Waals surface area contributed by atoms with Gasteiger partial charge in [-0.25, -0.2) is 0 Å². The second-order valence-electron chi connectivity index (χ2n) is 7.76. The lowest BCUT2D eigenvalue weighted by atomic mass is 9.94. The van der Waals surface area contributed by atoms with Crippen molar-refractivity contribution in [2.24, 2.45) is 0 Å². The maximum atomic E-state index is 11.8. The van der Waals surface area contributed by atoms with Gasteiger partial charge in [0.25, 0.3) is 0 Å². The van der Waals surface area contributed by atoms with Gasteiger partial charge in [0.1, 0.15) is 5.54 Å². The highest BCUT2D eigenvalue weighted by Crippen LogP contribution is 2.46. The normalized spacial score (nSPS) is 22.3. The van der Waals surface area contributed by atoms with Crippen molar-refractivity contribution in [3.63, 3.8) is 0 Å². The highest BCUT2D eigenvalue weighted by Gasteiger charge is 2.49. The summed E-state index contributed by atoms with van der Waals surface area (Å²) in [5.74, 6) is 1.71. The van der Waals surface area contributed by atoms with Gasteiger partial charge in [-0.3, -0.25) is 9.69 Å². The van der Waals surface area contributed by atoms with Crippen LogP contribution in [-0.4, -0.2) is 45.5 Å². The summed E-state index contributed by atoms with van der Waals surface area (Å²) >= 11 is 0. The molecule has 3 saturated heterocycles. The van der Waals surface area contributed by atoms with Crippen molar-refractivity contribution in [1.82, 2.24) is 19.9 Å². The molecule has 0 aliphatic carbocycles. The van der Waals surface area contributed by atoms with Gasteiger partial charge in [-0.15, -0.1) is 0 Å². The van der Waals surface area contributed by atoms with E-state index in [1.807, 2.05) is 17.0 Å². The van der Waals surface area contributed by atoms with Crippen LogP contribution in [0.2, 0.25) is 0 Å². The summed E-state index contributed by atoms with van der Waals surface area (Å²) in [5.41, 5.74) is 2.10. The first-order valence-electron chi connectivity index (χ1n) is 9.71. The molecule has 0 saturated carbocycles. The van der Waals surface area contributed by atoms with Gasteiger partial charge in [-0.05, 0) is 50.8 Å². The van der Waals surface area contributed by atoms with Crippen LogP contribution in [0.3, 0.4) is 0 Å². The second kappa shape index (κ2) is 6.20. The molecule has 0 N–H and O–H groups in total. The van der Waals surface area contributed by atoms with Crippen LogP contribution in [0.1, 0.15) is 50.0 Å². The Morgan fingerprint density at radius 2 is 1.81 bits per heavy atom. The fourth-order valence-corrected chi connectivity index (χ4v) is 4.84. The maximum absolute atomic E-state index is 11.8. The molecule has 4 heterocycles. The Bertz CT molecular complexity index is 803. The minimum Gasteiger partial charge on any atom is -0.338 e. The van der Waals surface area contributed by atoms with Crippen LogP contribution in [0.5, 0.6) is 0 Å². The summed E-state index contributed by atoms with van der Waals surface area (Å²) in [6, 6.07) is 8.19. The van der Waals surface area contributed by atoms with Crippen LogP contribution < -0.4 is 0 Å². The van der Waals surface area contributed by atoms with Gasteiger partial charge in [0.05, 0.1) is 0 Å². The van der Waals surface area contributed by atoms with Gasteiger partial charge >= 0.3 is 0 Å². The molecule has 0 bridgehead atoms. The number of aromatic nitrogens is 2. The van der Waals surface area contributed by atoms with Crippen molar-refractivity contribution in [3.05, 3.63) is 35.7 Å². The van der Waals surface area contributed by atoms with Gasteiger partial charge in [-0.1, -0.05) is 29.4 Å².